The smallest absolute Gasteiger partial charge is 0.164 e. The van der Waals surface area contributed by atoms with Gasteiger partial charge >= 0.3 is 0 Å². The van der Waals surface area contributed by atoms with Crippen molar-refractivity contribution in [2.75, 3.05) is 0 Å². The van der Waals surface area contributed by atoms with E-state index < -0.39 is 23.3 Å². The average molecular weight is 242 g/mol. The summed E-state index contributed by atoms with van der Waals surface area (Å²) in [5.74, 6) is -2.01. The second kappa shape index (κ2) is 4.35. The summed E-state index contributed by atoms with van der Waals surface area (Å²) in [5.41, 5.74) is -1.28. The van der Waals surface area contributed by atoms with Gasteiger partial charge in [-0.05, 0) is 25.3 Å². The molecule has 1 fully saturated rings. The van der Waals surface area contributed by atoms with Crippen LogP contribution in [0.25, 0.3) is 0 Å². The minimum absolute atomic E-state index is 0.155. The van der Waals surface area contributed by atoms with E-state index in [0.717, 1.165) is 12.8 Å². The first-order valence-corrected chi connectivity index (χ1v) is 5.80. The lowest BCUT2D eigenvalue weighted by Crippen LogP contribution is -2.33. The Morgan fingerprint density at radius 1 is 1.18 bits per heavy atom. The van der Waals surface area contributed by atoms with Crippen LogP contribution in [0.4, 0.5) is 8.78 Å². The van der Waals surface area contributed by atoms with E-state index in [1.807, 2.05) is 0 Å². The molecule has 1 saturated carbocycles. The lowest BCUT2D eigenvalue weighted by Gasteiger charge is -2.29. The van der Waals surface area contributed by atoms with Crippen LogP contribution in [0, 0.1) is 18.6 Å². The summed E-state index contributed by atoms with van der Waals surface area (Å²) in [6.07, 6.45) is 1.07. The maximum atomic E-state index is 13.7. The van der Waals surface area contributed by atoms with Gasteiger partial charge in [0.25, 0.3) is 0 Å². The van der Waals surface area contributed by atoms with Gasteiger partial charge in [0.2, 0.25) is 0 Å². The van der Waals surface area contributed by atoms with E-state index in [0.29, 0.717) is 12.8 Å². The van der Waals surface area contributed by atoms with Crippen LogP contribution >= 0.6 is 0 Å². The second-order valence-electron chi connectivity index (χ2n) is 4.81. The summed E-state index contributed by atoms with van der Waals surface area (Å²) in [6, 6.07) is 2.75. The fraction of sp³-hybridized carbons (Fsp3) is 0.538. The molecule has 0 spiro atoms. The third-order valence-corrected chi connectivity index (χ3v) is 3.58. The van der Waals surface area contributed by atoms with Crippen LogP contribution in [0.5, 0.6) is 0 Å². The molecule has 1 aromatic rings. The van der Waals surface area contributed by atoms with Crippen molar-refractivity contribution >= 4 is 0 Å². The predicted molar refractivity (Wildman–Crippen MR) is 59.5 cm³/mol. The third-order valence-electron chi connectivity index (χ3n) is 3.58. The van der Waals surface area contributed by atoms with Crippen molar-refractivity contribution in [2.45, 2.75) is 44.3 Å². The van der Waals surface area contributed by atoms with Gasteiger partial charge in [0, 0.05) is 5.56 Å². The van der Waals surface area contributed by atoms with Gasteiger partial charge in [-0.25, -0.2) is 8.78 Å². The zero-order valence-electron chi connectivity index (χ0n) is 9.71. The minimum atomic E-state index is -1.36. The van der Waals surface area contributed by atoms with E-state index in [9.17, 15) is 19.0 Å². The quantitative estimate of drug-likeness (QED) is 0.837. The van der Waals surface area contributed by atoms with Crippen LogP contribution in [0.2, 0.25) is 0 Å². The molecule has 0 bridgehead atoms. The molecule has 17 heavy (non-hydrogen) atoms. The molecule has 1 unspecified atom stereocenters. The van der Waals surface area contributed by atoms with Crippen LogP contribution in [0.3, 0.4) is 0 Å². The van der Waals surface area contributed by atoms with Crippen LogP contribution in [-0.2, 0) is 0 Å². The topological polar surface area (TPSA) is 40.5 Å². The molecule has 0 heterocycles. The van der Waals surface area contributed by atoms with Gasteiger partial charge in [-0.2, -0.15) is 0 Å². The molecule has 2 nitrogen and oxygen atoms in total. The molecule has 4 heteroatoms. The van der Waals surface area contributed by atoms with Gasteiger partial charge in [-0.1, -0.05) is 25.0 Å². The Bertz CT molecular complexity index is 426. The number of hydrogen-bond acceptors (Lipinski definition) is 2. The van der Waals surface area contributed by atoms with Crippen LogP contribution < -0.4 is 0 Å². The van der Waals surface area contributed by atoms with Gasteiger partial charge in [-0.15, -0.1) is 0 Å². The van der Waals surface area contributed by atoms with Crippen molar-refractivity contribution in [2.24, 2.45) is 0 Å². The molecule has 2 N–H and O–H groups in total. The highest BCUT2D eigenvalue weighted by molar-refractivity contribution is 5.28. The lowest BCUT2D eigenvalue weighted by atomic mass is 9.89. The molecule has 1 aliphatic rings. The number of rotatable bonds is 2. The summed E-state index contributed by atoms with van der Waals surface area (Å²) in [6.45, 7) is 1.46. The maximum absolute atomic E-state index is 13.7. The fourth-order valence-electron chi connectivity index (χ4n) is 2.42. The normalized spacial score (nSPS) is 20.5. The Morgan fingerprint density at radius 2 is 1.76 bits per heavy atom. The Hall–Kier alpha value is -1.00. The standard InChI is InChI=1S/C13H16F2O2/c1-8-4-5-9(11(15)10(8)14)12(16)13(17)6-2-3-7-13/h4-5,12,16-17H,2-3,6-7H2,1H3. The summed E-state index contributed by atoms with van der Waals surface area (Å²) in [4.78, 5) is 0. The van der Waals surface area contributed by atoms with Crippen molar-refractivity contribution < 1.29 is 19.0 Å². The summed E-state index contributed by atoms with van der Waals surface area (Å²) >= 11 is 0. The first-order chi connectivity index (χ1) is 7.96. The molecular formula is C13H16F2O2. The fourth-order valence-corrected chi connectivity index (χ4v) is 2.42. The van der Waals surface area contributed by atoms with Gasteiger partial charge in [0.15, 0.2) is 11.6 Å². The van der Waals surface area contributed by atoms with Gasteiger partial charge in [-0.3, -0.25) is 0 Å². The number of benzene rings is 1. The molecule has 94 valence electrons. The average Bonchev–Trinajstić information content (AvgIpc) is 2.74. The van der Waals surface area contributed by atoms with E-state index in [1.54, 1.807) is 0 Å². The van der Waals surface area contributed by atoms with Gasteiger partial charge < -0.3 is 10.2 Å². The highest BCUT2D eigenvalue weighted by atomic mass is 19.2. The van der Waals surface area contributed by atoms with Crippen molar-refractivity contribution in [3.8, 4) is 0 Å². The van der Waals surface area contributed by atoms with Gasteiger partial charge in [0.05, 0.1) is 5.60 Å². The summed E-state index contributed by atoms with van der Waals surface area (Å²) in [5, 5.41) is 20.2. The predicted octanol–water partition coefficient (Wildman–Crippen LogP) is 2.61. The van der Waals surface area contributed by atoms with Crippen molar-refractivity contribution in [1.29, 1.82) is 0 Å². The Balaban J connectivity index is 2.37. The zero-order chi connectivity index (χ0) is 12.6. The van der Waals surface area contributed by atoms with Crippen molar-refractivity contribution in [3.63, 3.8) is 0 Å². The third kappa shape index (κ3) is 2.07. The van der Waals surface area contributed by atoms with Crippen LogP contribution in [0.15, 0.2) is 12.1 Å². The number of aliphatic hydroxyl groups excluding tert-OH is 1. The Morgan fingerprint density at radius 3 is 2.35 bits per heavy atom. The van der Waals surface area contributed by atoms with Crippen LogP contribution in [-0.4, -0.2) is 15.8 Å². The molecule has 0 aliphatic heterocycles. The van der Waals surface area contributed by atoms with Crippen molar-refractivity contribution in [1.82, 2.24) is 0 Å². The molecule has 0 radical (unpaired) electrons. The van der Waals surface area contributed by atoms with Gasteiger partial charge in [0.1, 0.15) is 6.10 Å². The first-order valence-electron chi connectivity index (χ1n) is 5.80. The molecular weight excluding hydrogens is 226 g/mol. The van der Waals surface area contributed by atoms with E-state index in [-0.39, 0.29) is 11.1 Å². The highest BCUT2D eigenvalue weighted by Gasteiger charge is 2.40. The molecule has 1 atom stereocenters. The van der Waals surface area contributed by atoms with E-state index in [4.69, 9.17) is 0 Å². The molecule has 0 saturated heterocycles. The summed E-state index contributed by atoms with van der Waals surface area (Å²) < 4.78 is 27.1. The Labute approximate surface area is 98.9 Å². The number of halogens is 2. The van der Waals surface area contributed by atoms with Crippen LogP contribution in [0.1, 0.15) is 42.9 Å². The highest BCUT2D eigenvalue weighted by Crippen LogP contribution is 2.40. The molecule has 0 amide bonds. The van der Waals surface area contributed by atoms with E-state index in [1.165, 1.54) is 19.1 Å². The minimum Gasteiger partial charge on any atom is -0.387 e. The monoisotopic (exact) mass is 242 g/mol. The lowest BCUT2D eigenvalue weighted by molar-refractivity contribution is -0.0735. The zero-order valence-corrected chi connectivity index (χ0v) is 9.71. The SMILES string of the molecule is Cc1ccc(C(O)C2(O)CCCC2)c(F)c1F. The first kappa shape index (κ1) is 12.5. The van der Waals surface area contributed by atoms with E-state index in [2.05, 4.69) is 0 Å². The number of hydrogen-bond donors (Lipinski definition) is 2. The Kier molecular flexibility index (Phi) is 3.19. The molecule has 1 aromatic carbocycles. The molecule has 0 aromatic heterocycles. The largest absolute Gasteiger partial charge is 0.387 e. The summed E-state index contributed by atoms with van der Waals surface area (Å²) in [7, 11) is 0. The molecule has 2 rings (SSSR count). The maximum Gasteiger partial charge on any atom is 0.164 e. The molecule has 1 aliphatic carbocycles. The van der Waals surface area contributed by atoms with Crippen molar-refractivity contribution in [3.05, 3.63) is 34.9 Å². The van der Waals surface area contributed by atoms with E-state index >= 15 is 0 Å². The number of aliphatic hydroxyl groups is 2. The number of aryl methyl sites for hydroxylation is 1. The second-order valence-corrected chi connectivity index (χ2v) is 4.81.